The van der Waals surface area contributed by atoms with Crippen molar-refractivity contribution in [3.63, 3.8) is 0 Å². The van der Waals surface area contributed by atoms with Crippen LogP contribution in [0, 0.1) is 13.1 Å². The molecule has 0 spiro atoms. The van der Waals surface area contributed by atoms with E-state index in [1.807, 2.05) is 36.4 Å². The largest absolute Gasteiger partial charge is 0.310 e. The van der Waals surface area contributed by atoms with Crippen molar-refractivity contribution < 1.29 is 0 Å². The van der Waals surface area contributed by atoms with E-state index in [2.05, 4.69) is 298 Å². The van der Waals surface area contributed by atoms with Crippen LogP contribution < -0.4 is 0 Å². The standard InChI is InChI=1S/C49H28N2.C43H24N2/c1-50-42-27-38-21-20-37-26-41(28-44-48(37)49(38)45(29-42)51(44)43-10-6-3-7-11-43)32-14-12-31(13-15-32)40-24-35-18-16-33-22-39(30-8-4-2-5-9-30)23-34-17-19-36(25-40)47(35)46(33)34;1-44-36-23-33-19-18-32-22-35(24-38-42(32)43(33)39(25-36)45(38)37-8-3-2-4-9-37)27-12-10-26(11-13-27)34-20-30-16-14-28-6-5-7-29-15-17-31(21-34)41(30)40(28)29/h2-29H;2-25H. The third-order valence-electron chi connectivity index (χ3n) is 20.4. The number of benzene rings is 19. The molecule has 2 heterocycles. The van der Waals surface area contributed by atoms with Gasteiger partial charge in [0.05, 0.1) is 24.2 Å². The van der Waals surface area contributed by atoms with E-state index in [1.165, 1.54) is 153 Å². The zero-order chi connectivity index (χ0) is 63.3. The highest BCUT2D eigenvalue weighted by Gasteiger charge is 2.22. The Bertz CT molecular complexity index is 6650. The third kappa shape index (κ3) is 8.20. The van der Waals surface area contributed by atoms with Gasteiger partial charge in [0.15, 0.2) is 11.4 Å². The summed E-state index contributed by atoms with van der Waals surface area (Å²) < 4.78 is 4.64. The molecular formula is C92H52N4. The second kappa shape index (κ2) is 20.7. The summed E-state index contributed by atoms with van der Waals surface area (Å²) in [7, 11) is 0. The van der Waals surface area contributed by atoms with E-state index < -0.39 is 0 Å². The summed E-state index contributed by atoms with van der Waals surface area (Å²) in [6.07, 6.45) is 0. The van der Waals surface area contributed by atoms with Gasteiger partial charge in [0, 0.05) is 44.0 Å². The molecule has 4 nitrogen and oxygen atoms in total. The molecule has 2 aromatic heterocycles. The Kier molecular flexibility index (Phi) is 11.5. The highest BCUT2D eigenvalue weighted by Crippen LogP contribution is 2.47. The fourth-order valence-electron chi connectivity index (χ4n) is 16.1. The SMILES string of the molecule is [C-]#[N+]c1cc2ccc3cc(-c4ccc(-c5cc6ccc7cc(-c8ccccc8)cc8ccc(c5)c6c78)cc4)cc4c3c2c(c1)n4-c1ccccc1.[C-]#[N+]c1cc2ccc3cc(-c4ccc(-c5cc6ccc7cccc8ccc(c5)c6c78)cc4)cc4c3c2c(c1)n4-c1ccccc1. The Morgan fingerprint density at radius 3 is 0.729 bits per heavy atom. The van der Waals surface area contributed by atoms with Crippen molar-refractivity contribution in [2.24, 2.45) is 0 Å². The number of hydrogen-bond acceptors (Lipinski definition) is 0. The molecule has 0 aliphatic heterocycles. The lowest BCUT2D eigenvalue weighted by Gasteiger charge is -2.15. The average molecular weight is 1210 g/mol. The molecule has 0 radical (unpaired) electrons. The van der Waals surface area contributed by atoms with Gasteiger partial charge in [-0.2, -0.15) is 0 Å². The second-order valence-corrected chi connectivity index (χ2v) is 25.8. The summed E-state index contributed by atoms with van der Waals surface area (Å²) in [5, 5.41) is 25.2. The summed E-state index contributed by atoms with van der Waals surface area (Å²) in [5.74, 6) is 0. The van der Waals surface area contributed by atoms with E-state index in [1.54, 1.807) is 0 Å². The zero-order valence-corrected chi connectivity index (χ0v) is 51.8. The minimum atomic E-state index is 0.658. The van der Waals surface area contributed by atoms with Crippen molar-refractivity contribution in [1.82, 2.24) is 9.13 Å². The lowest BCUT2D eigenvalue weighted by molar-refractivity contribution is 1.18. The Morgan fingerprint density at radius 2 is 0.417 bits per heavy atom. The molecule has 0 N–H and O–H groups in total. The van der Waals surface area contributed by atoms with Gasteiger partial charge in [-0.15, -0.1) is 0 Å². The predicted octanol–water partition coefficient (Wildman–Crippen LogP) is 26.0. The number of nitrogens with zero attached hydrogens (tertiary/aromatic N) is 4. The average Bonchev–Trinajstić information content (AvgIpc) is 1.08. The Morgan fingerprint density at radius 1 is 0.177 bits per heavy atom. The summed E-state index contributed by atoms with van der Waals surface area (Å²) in [5.41, 5.74) is 20.0. The first-order valence-electron chi connectivity index (χ1n) is 32.7. The molecule has 0 aliphatic carbocycles. The maximum atomic E-state index is 7.76. The van der Waals surface area contributed by atoms with Crippen LogP contribution in [-0.2, 0) is 0 Å². The number of rotatable bonds is 7. The molecule has 0 atom stereocenters. The van der Waals surface area contributed by atoms with Crippen LogP contribution in [-0.4, -0.2) is 9.13 Å². The molecule has 0 saturated carbocycles. The Labute approximate surface area is 552 Å². The van der Waals surface area contributed by atoms with Crippen molar-refractivity contribution in [3.05, 3.63) is 338 Å². The molecule has 19 aromatic carbocycles. The van der Waals surface area contributed by atoms with E-state index >= 15 is 0 Å². The normalized spacial score (nSPS) is 11.9. The first-order chi connectivity index (χ1) is 47.4. The molecule has 440 valence electrons. The van der Waals surface area contributed by atoms with Crippen LogP contribution in [0.3, 0.4) is 0 Å². The molecule has 0 saturated heterocycles. The van der Waals surface area contributed by atoms with Gasteiger partial charge in [-0.25, -0.2) is 9.69 Å². The van der Waals surface area contributed by atoms with Gasteiger partial charge in [-0.3, -0.25) is 0 Å². The van der Waals surface area contributed by atoms with Crippen molar-refractivity contribution in [2.75, 3.05) is 0 Å². The quantitative estimate of drug-likeness (QED) is 0.112. The minimum Gasteiger partial charge on any atom is -0.310 e. The molecule has 96 heavy (non-hydrogen) atoms. The number of para-hydroxylation sites is 2. The zero-order valence-electron chi connectivity index (χ0n) is 51.8. The summed E-state index contributed by atoms with van der Waals surface area (Å²) >= 11 is 0. The van der Waals surface area contributed by atoms with Crippen LogP contribution in [0.1, 0.15) is 0 Å². The summed E-state index contributed by atoms with van der Waals surface area (Å²) in [6.45, 7) is 15.5. The van der Waals surface area contributed by atoms with Crippen LogP contribution in [0.4, 0.5) is 11.4 Å². The van der Waals surface area contributed by atoms with Crippen LogP contribution in [0.2, 0.25) is 0 Å². The minimum absolute atomic E-state index is 0.658. The van der Waals surface area contributed by atoms with Gasteiger partial charge in [0.25, 0.3) is 0 Å². The third-order valence-corrected chi connectivity index (χ3v) is 20.4. The molecule has 21 rings (SSSR count). The maximum Gasteiger partial charge on any atom is 0.189 e. The molecule has 4 heteroatoms. The molecule has 21 aromatic rings. The van der Waals surface area contributed by atoms with E-state index in [4.69, 9.17) is 13.1 Å². The maximum absolute atomic E-state index is 7.76. The van der Waals surface area contributed by atoms with Gasteiger partial charge in [0.2, 0.25) is 0 Å². The van der Waals surface area contributed by atoms with Crippen LogP contribution in [0.25, 0.3) is 206 Å². The van der Waals surface area contributed by atoms with Gasteiger partial charge in [-0.1, -0.05) is 206 Å². The molecule has 0 bridgehead atoms. The first-order valence-corrected chi connectivity index (χ1v) is 32.7. The molecule has 0 amide bonds. The first kappa shape index (κ1) is 53.5. The van der Waals surface area contributed by atoms with Gasteiger partial charge in [0.1, 0.15) is 0 Å². The Hall–Kier alpha value is -13.1. The Balaban J connectivity index is 0.000000132. The lowest BCUT2D eigenvalue weighted by Crippen LogP contribution is -1.93. The van der Waals surface area contributed by atoms with E-state index in [9.17, 15) is 0 Å². The van der Waals surface area contributed by atoms with E-state index in [-0.39, 0.29) is 0 Å². The topological polar surface area (TPSA) is 18.6 Å². The van der Waals surface area contributed by atoms with Crippen molar-refractivity contribution in [3.8, 4) is 67.0 Å². The van der Waals surface area contributed by atoms with Gasteiger partial charge < -0.3 is 9.13 Å². The lowest BCUT2D eigenvalue weighted by atomic mass is 9.89. The van der Waals surface area contributed by atoms with Gasteiger partial charge in [-0.05, 0) is 251 Å². The van der Waals surface area contributed by atoms with Gasteiger partial charge >= 0.3 is 0 Å². The molecular weight excluding hydrogens is 1160 g/mol. The number of aromatic nitrogens is 2. The summed E-state index contributed by atoms with van der Waals surface area (Å²) in [4.78, 5) is 7.61. The van der Waals surface area contributed by atoms with Crippen molar-refractivity contribution in [2.45, 2.75) is 0 Å². The van der Waals surface area contributed by atoms with Crippen LogP contribution in [0.5, 0.6) is 0 Å². The monoisotopic (exact) mass is 1210 g/mol. The van der Waals surface area contributed by atoms with E-state index in [0.717, 1.165) is 44.2 Å². The summed E-state index contributed by atoms with van der Waals surface area (Å²) in [6, 6.07) is 114. The van der Waals surface area contributed by atoms with Crippen molar-refractivity contribution in [1.29, 1.82) is 0 Å². The van der Waals surface area contributed by atoms with Crippen LogP contribution >= 0.6 is 0 Å². The highest BCUT2D eigenvalue weighted by molar-refractivity contribution is 6.29. The smallest absolute Gasteiger partial charge is 0.189 e. The van der Waals surface area contributed by atoms with Crippen LogP contribution in [0.15, 0.2) is 315 Å². The number of hydrogen-bond donors (Lipinski definition) is 0. The second-order valence-electron chi connectivity index (χ2n) is 25.8. The fraction of sp³-hybridized carbons (Fsp3) is 0. The highest BCUT2D eigenvalue weighted by atomic mass is 15.0. The van der Waals surface area contributed by atoms with E-state index in [0.29, 0.717) is 11.4 Å². The van der Waals surface area contributed by atoms with Crippen molar-refractivity contribution >= 4 is 141 Å². The predicted molar refractivity (Wildman–Crippen MR) is 406 cm³/mol. The molecule has 0 aliphatic rings. The fourth-order valence-corrected chi connectivity index (χ4v) is 16.1. The molecule has 0 unspecified atom stereocenters. The molecule has 0 fully saturated rings.